The number of carbonyl (C=O) groups excluding carboxylic acids is 1. The van der Waals surface area contributed by atoms with Crippen molar-refractivity contribution in [3.05, 3.63) is 71.8 Å². The molecule has 0 radical (unpaired) electrons. The van der Waals surface area contributed by atoms with Crippen LogP contribution in [-0.2, 0) is 4.43 Å². The summed E-state index contributed by atoms with van der Waals surface area (Å²) >= 11 is 16.9. The first-order valence-corrected chi connectivity index (χ1v) is 14.1. The van der Waals surface area contributed by atoms with Gasteiger partial charge in [0.2, 0.25) is 0 Å². The van der Waals surface area contributed by atoms with Crippen molar-refractivity contribution < 1.29 is 14.0 Å². The summed E-state index contributed by atoms with van der Waals surface area (Å²) in [5.74, 6) is 0.805. The molecule has 0 bridgehead atoms. The topological polar surface area (TPSA) is 35.5 Å². The van der Waals surface area contributed by atoms with Crippen molar-refractivity contribution in [2.45, 2.75) is 25.7 Å². The third-order valence-corrected chi connectivity index (χ3v) is 5.45. The van der Waals surface area contributed by atoms with Gasteiger partial charge in [-0.15, -0.1) is 0 Å². The third kappa shape index (κ3) is 9.76. The van der Waals surface area contributed by atoms with E-state index in [1.165, 1.54) is 0 Å². The van der Waals surface area contributed by atoms with Crippen molar-refractivity contribution >= 4 is 51.3 Å². The zero-order valence-corrected chi connectivity index (χ0v) is 18.7. The first-order valence-electron chi connectivity index (χ1n) is 9.15. The van der Waals surface area contributed by atoms with Crippen molar-refractivity contribution in [3.8, 4) is 5.75 Å². The lowest BCUT2D eigenvalue weighted by Crippen LogP contribution is -2.16. The standard InChI is InChI=1S/C21H23Cl3O3Si/c22-28(23,24)27-17-7-2-1-6-16-26-20-13-10-18(11-14-20)12-15-21(25)19-8-4-3-5-9-19/h3-5,8-15H,1-2,6-7,16-17H2. The second-order valence-corrected chi connectivity index (χ2v) is 13.9. The fraction of sp³-hybridized carbons (Fsp3) is 0.286. The van der Waals surface area contributed by atoms with Crippen molar-refractivity contribution in [1.82, 2.24) is 0 Å². The molecule has 2 aromatic carbocycles. The molecule has 0 aromatic heterocycles. The largest absolute Gasteiger partial charge is 0.494 e. The molecule has 2 aromatic rings. The molecule has 0 aliphatic heterocycles. The van der Waals surface area contributed by atoms with Crippen molar-refractivity contribution in [2.75, 3.05) is 13.2 Å². The fourth-order valence-corrected chi connectivity index (χ4v) is 3.55. The molecule has 150 valence electrons. The van der Waals surface area contributed by atoms with Crippen LogP contribution in [0.2, 0.25) is 0 Å². The maximum atomic E-state index is 12.1. The summed E-state index contributed by atoms with van der Waals surface area (Å²) in [4.78, 5) is 12.1. The van der Waals surface area contributed by atoms with Gasteiger partial charge in [0.15, 0.2) is 5.78 Å². The SMILES string of the molecule is O=C(C=Cc1ccc(OCCCCCCO[Si](Cl)(Cl)Cl)cc1)c1ccccc1. The van der Waals surface area contributed by atoms with E-state index in [-0.39, 0.29) is 5.78 Å². The van der Waals surface area contributed by atoms with Crippen LogP contribution in [0.5, 0.6) is 5.75 Å². The molecular weight excluding hydrogens is 435 g/mol. The minimum Gasteiger partial charge on any atom is -0.494 e. The molecule has 0 saturated carbocycles. The summed E-state index contributed by atoms with van der Waals surface area (Å²) < 4.78 is 10.9. The summed E-state index contributed by atoms with van der Waals surface area (Å²) in [6.45, 7) is 1.15. The molecule has 0 N–H and O–H groups in total. The number of hydrogen-bond acceptors (Lipinski definition) is 3. The van der Waals surface area contributed by atoms with Crippen molar-refractivity contribution in [3.63, 3.8) is 0 Å². The Balaban J connectivity index is 1.63. The summed E-state index contributed by atoms with van der Waals surface area (Å²) in [7, 11) is 0. The van der Waals surface area contributed by atoms with Crippen LogP contribution in [0.25, 0.3) is 6.08 Å². The molecular formula is C21H23Cl3O3Si. The van der Waals surface area contributed by atoms with E-state index in [0.717, 1.165) is 37.0 Å². The van der Waals surface area contributed by atoms with Gasteiger partial charge in [0.05, 0.1) is 6.61 Å². The van der Waals surface area contributed by atoms with E-state index in [4.69, 9.17) is 42.4 Å². The Bertz CT molecular complexity index is 744. The Kier molecular flexibility index (Phi) is 10.1. The lowest BCUT2D eigenvalue weighted by molar-refractivity contribution is 0.104. The maximum absolute atomic E-state index is 12.1. The number of rotatable bonds is 12. The Labute approximate surface area is 181 Å². The van der Waals surface area contributed by atoms with Gasteiger partial charge in [-0.3, -0.25) is 4.79 Å². The molecule has 0 heterocycles. The van der Waals surface area contributed by atoms with Gasteiger partial charge < -0.3 is 9.16 Å². The Hall–Kier alpha value is -1.30. The molecule has 0 fully saturated rings. The highest BCUT2D eigenvalue weighted by molar-refractivity contribution is 7.62. The van der Waals surface area contributed by atoms with Gasteiger partial charge in [-0.1, -0.05) is 88.2 Å². The average molecular weight is 458 g/mol. The smallest absolute Gasteiger partial charge is 0.493 e. The predicted octanol–water partition coefficient (Wildman–Crippen LogP) is 6.69. The highest BCUT2D eigenvalue weighted by atomic mass is 35.8. The first kappa shape index (κ1) is 23.0. The predicted molar refractivity (Wildman–Crippen MR) is 119 cm³/mol. The van der Waals surface area contributed by atoms with Gasteiger partial charge in [-0.25, -0.2) is 0 Å². The van der Waals surface area contributed by atoms with E-state index in [0.29, 0.717) is 18.8 Å². The number of hydrogen-bond donors (Lipinski definition) is 0. The molecule has 0 aliphatic rings. The van der Waals surface area contributed by atoms with Crippen LogP contribution in [0, 0.1) is 0 Å². The average Bonchev–Trinajstić information content (AvgIpc) is 2.69. The number of ketones is 1. The Morgan fingerprint density at radius 3 is 2.14 bits per heavy atom. The van der Waals surface area contributed by atoms with Crippen LogP contribution in [0.3, 0.4) is 0 Å². The molecule has 0 saturated heterocycles. The van der Waals surface area contributed by atoms with E-state index in [9.17, 15) is 4.79 Å². The van der Waals surface area contributed by atoms with E-state index in [1.54, 1.807) is 24.3 Å². The van der Waals surface area contributed by atoms with E-state index in [1.807, 2.05) is 42.5 Å². The molecule has 0 atom stereocenters. The number of halogens is 3. The summed E-state index contributed by atoms with van der Waals surface area (Å²) in [6, 6.07) is 16.9. The van der Waals surface area contributed by atoms with Crippen molar-refractivity contribution in [2.24, 2.45) is 0 Å². The number of allylic oxidation sites excluding steroid dienone is 1. The highest BCUT2D eigenvalue weighted by Gasteiger charge is 2.26. The van der Waals surface area contributed by atoms with Gasteiger partial charge in [0.1, 0.15) is 5.75 Å². The monoisotopic (exact) mass is 456 g/mol. The van der Waals surface area contributed by atoms with Crippen LogP contribution in [0.4, 0.5) is 0 Å². The summed E-state index contributed by atoms with van der Waals surface area (Å²) in [5, 5.41) is 0. The van der Waals surface area contributed by atoms with Gasteiger partial charge in [0, 0.05) is 12.2 Å². The van der Waals surface area contributed by atoms with Gasteiger partial charge in [-0.05, 0) is 43.0 Å². The minimum absolute atomic E-state index is 0.0116. The third-order valence-electron chi connectivity index (χ3n) is 3.94. The summed E-state index contributed by atoms with van der Waals surface area (Å²) in [5.41, 5.74) is 1.63. The maximum Gasteiger partial charge on any atom is 0.493 e. The van der Waals surface area contributed by atoms with Crippen LogP contribution in [0.15, 0.2) is 60.7 Å². The molecule has 0 spiro atoms. The van der Waals surface area contributed by atoms with Gasteiger partial charge in [-0.2, -0.15) is 0 Å². The zero-order chi connectivity index (χ0) is 20.2. The fourth-order valence-electron chi connectivity index (χ4n) is 2.48. The van der Waals surface area contributed by atoms with Crippen molar-refractivity contribution in [1.29, 1.82) is 0 Å². The number of carbonyl (C=O) groups is 1. The highest BCUT2D eigenvalue weighted by Crippen LogP contribution is 2.21. The molecule has 3 nitrogen and oxygen atoms in total. The number of unbranched alkanes of at least 4 members (excludes halogenated alkanes) is 3. The lowest BCUT2D eigenvalue weighted by Gasteiger charge is -2.09. The molecule has 28 heavy (non-hydrogen) atoms. The van der Waals surface area contributed by atoms with E-state index < -0.39 is 6.25 Å². The quantitative estimate of drug-likeness (QED) is 0.117. The molecule has 0 amide bonds. The number of benzene rings is 2. The minimum atomic E-state index is -2.94. The second kappa shape index (κ2) is 12.3. The Morgan fingerprint density at radius 1 is 0.857 bits per heavy atom. The zero-order valence-electron chi connectivity index (χ0n) is 15.5. The van der Waals surface area contributed by atoms with Crippen LogP contribution in [0.1, 0.15) is 41.6 Å². The second-order valence-electron chi connectivity index (χ2n) is 6.19. The normalized spacial score (nSPS) is 11.7. The van der Waals surface area contributed by atoms with Crippen LogP contribution >= 0.6 is 33.2 Å². The van der Waals surface area contributed by atoms with Crippen LogP contribution in [-0.4, -0.2) is 25.2 Å². The van der Waals surface area contributed by atoms with E-state index in [2.05, 4.69) is 0 Å². The number of ether oxygens (including phenoxy) is 1. The van der Waals surface area contributed by atoms with Crippen LogP contribution < -0.4 is 4.74 Å². The molecule has 0 aliphatic carbocycles. The summed E-state index contributed by atoms with van der Waals surface area (Å²) in [6.07, 6.45) is 4.33. The van der Waals surface area contributed by atoms with Gasteiger partial charge in [0.25, 0.3) is 0 Å². The van der Waals surface area contributed by atoms with Gasteiger partial charge >= 0.3 is 6.25 Å². The molecule has 2 rings (SSSR count). The van der Waals surface area contributed by atoms with E-state index >= 15 is 0 Å². The molecule has 7 heteroatoms. The Morgan fingerprint density at radius 2 is 1.50 bits per heavy atom. The molecule has 0 unspecified atom stereocenters. The first-order chi connectivity index (χ1) is 13.4. The lowest BCUT2D eigenvalue weighted by atomic mass is 10.1.